The Bertz CT molecular complexity index is 2370. The lowest BCUT2D eigenvalue weighted by Gasteiger charge is -2.40. The summed E-state index contributed by atoms with van der Waals surface area (Å²) in [7, 11) is 0. The molecular weight excluding hydrogens is 770 g/mol. The number of hydrogen-bond acceptors (Lipinski definition) is 13. The number of nitrogens with zero attached hydrogens (tertiary/aromatic N) is 6. The maximum Gasteiger partial charge on any atom is 0.509 e. The molecule has 2 unspecified atom stereocenters. The molecule has 3 aromatic heterocycles. The number of ether oxygens (including phenoxy) is 5. The van der Waals surface area contributed by atoms with E-state index in [9.17, 15) is 19.2 Å². The highest BCUT2D eigenvalue weighted by molar-refractivity contribution is 5.91. The Hall–Kier alpha value is -6.13. The smallest absolute Gasteiger partial charge is 0.489 e. The summed E-state index contributed by atoms with van der Waals surface area (Å²) < 4.78 is 63.0. The van der Waals surface area contributed by atoms with Crippen molar-refractivity contribution in [2.45, 2.75) is 97.7 Å². The molecule has 59 heavy (non-hydrogen) atoms. The molecule has 1 saturated heterocycles. The molecule has 5 heterocycles. The van der Waals surface area contributed by atoms with Gasteiger partial charge in [-0.2, -0.15) is 4.98 Å². The van der Waals surface area contributed by atoms with Gasteiger partial charge in [0.2, 0.25) is 5.91 Å². The van der Waals surface area contributed by atoms with E-state index in [2.05, 4.69) is 21.5 Å². The Morgan fingerprint density at radius 1 is 0.966 bits per heavy atom. The van der Waals surface area contributed by atoms with Crippen LogP contribution in [0.1, 0.15) is 85.6 Å². The van der Waals surface area contributed by atoms with Crippen LogP contribution in [0.3, 0.4) is 0 Å². The average Bonchev–Trinajstić information content (AvgIpc) is 3.13. The Morgan fingerprint density at radius 2 is 1.64 bits per heavy atom. The van der Waals surface area contributed by atoms with Crippen LogP contribution < -0.4 is 15.3 Å². The molecule has 4 aromatic rings. The van der Waals surface area contributed by atoms with Crippen LogP contribution in [-0.4, -0.2) is 92.2 Å². The minimum absolute atomic E-state index is 0.0248. The summed E-state index contributed by atoms with van der Waals surface area (Å²) in [5.41, 5.74) is -3.58. The minimum atomic E-state index is -1.61. The first-order valence-corrected chi connectivity index (χ1v) is 19.2. The second-order valence-corrected chi connectivity index (χ2v) is 16.6. The Morgan fingerprint density at radius 3 is 2.27 bits per heavy atom. The van der Waals surface area contributed by atoms with E-state index in [4.69, 9.17) is 23.7 Å². The summed E-state index contributed by atoms with van der Waals surface area (Å²) in [5, 5.41) is 0.0627. The predicted molar refractivity (Wildman–Crippen MR) is 213 cm³/mol. The van der Waals surface area contributed by atoms with Crippen molar-refractivity contribution in [1.82, 2.24) is 24.4 Å². The van der Waals surface area contributed by atoms with Gasteiger partial charge >= 0.3 is 18.0 Å². The zero-order chi connectivity index (χ0) is 43.1. The fraction of sp³-hybridized carbons (Fsp3) is 0.452. The molecule has 0 radical (unpaired) electrons. The number of pyridine rings is 2. The SMILES string of the molecule is C=CC(=O)N1CCN(c2nc(=O)n3c4nc(c(F)cc24)-c2c(F)cccc2OCC(OC(=O)OC(C)(C)C)C(OC(=O)OC(C)(C)C)c2ccnc(C(C)C)c2-3)[C@@H](C)C1. The molecule has 3 atom stereocenters. The molecule has 314 valence electrons. The minimum Gasteiger partial charge on any atom is -0.489 e. The predicted octanol–water partition coefficient (Wildman–Crippen LogP) is 7.17. The fourth-order valence-corrected chi connectivity index (χ4v) is 7.01. The van der Waals surface area contributed by atoms with Crippen LogP contribution in [0.25, 0.3) is 28.0 Å². The molecule has 2 aliphatic rings. The Labute approximate surface area is 339 Å². The van der Waals surface area contributed by atoms with Gasteiger partial charge in [0.25, 0.3) is 0 Å². The molecule has 2 aliphatic heterocycles. The van der Waals surface area contributed by atoms with Crippen LogP contribution in [0.2, 0.25) is 0 Å². The largest absolute Gasteiger partial charge is 0.509 e. The third-order valence-electron chi connectivity index (χ3n) is 9.45. The first-order valence-electron chi connectivity index (χ1n) is 19.2. The second-order valence-electron chi connectivity index (χ2n) is 16.6. The molecule has 1 fully saturated rings. The first-order chi connectivity index (χ1) is 27.7. The number of anilines is 1. The van der Waals surface area contributed by atoms with Gasteiger partial charge < -0.3 is 33.5 Å². The van der Waals surface area contributed by atoms with E-state index in [0.717, 1.165) is 16.7 Å². The highest BCUT2D eigenvalue weighted by Crippen LogP contribution is 2.41. The van der Waals surface area contributed by atoms with E-state index in [0.29, 0.717) is 0 Å². The third kappa shape index (κ3) is 8.98. The number of carbonyl (C=O) groups excluding carboxylic acids is 3. The molecule has 17 heteroatoms. The second kappa shape index (κ2) is 16.3. The topological polar surface area (TPSA) is 165 Å². The normalized spacial score (nSPS) is 18.2. The van der Waals surface area contributed by atoms with Crippen LogP contribution in [-0.2, 0) is 23.7 Å². The Kier molecular flexibility index (Phi) is 11.7. The van der Waals surface area contributed by atoms with Crippen molar-refractivity contribution in [2.75, 3.05) is 31.1 Å². The molecule has 2 bridgehead atoms. The van der Waals surface area contributed by atoms with Crippen molar-refractivity contribution in [2.24, 2.45) is 0 Å². The molecule has 15 nitrogen and oxygen atoms in total. The van der Waals surface area contributed by atoms with Crippen molar-refractivity contribution >= 4 is 35.1 Å². The molecule has 0 spiro atoms. The van der Waals surface area contributed by atoms with Gasteiger partial charge in [0.05, 0.1) is 22.3 Å². The standard InChI is InChI=1S/C42H48F2N6O9/c1-11-30(51)48-17-18-49(23(4)20-48)36-25-19-27(44)33-31-26(43)13-12-14-28(31)55-21-29(56-39(53)58-41(5,6)7)35(57-40(54)59-42(8,9)10)24-15-16-45-32(22(2)3)34(24)50(37(25)46-33)38(52)47-36/h11-16,19,22-23,29,35H,1,17-18,20-21H2,2-10H3/t23-,29?,35?/m0/s1. The summed E-state index contributed by atoms with van der Waals surface area (Å²) >= 11 is 0. The van der Waals surface area contributed by atoms with E-state index < -0.39 is 82.9 Å². The lowest BCUT2D eigenvalue weighted by Crippen LogP contribution is -2.54. The highest BCUT2D eigenvalue weighted by Gasteiger charge is 2.39. The van der Waals surface area contributed by atoms with Crippen molar-refractivity contribution in [1.29, 1.82) is 0 Å². The fourth-order valence-electron chi connectivity index (χ4n) is 7.01. The number of carbonyl (C=O) groups is 3. The number of benzene rings is 1. The van der Waals surface area contributed by atoms with Gasteiger partial charge in [0, 0.05) is 37.4 Å². The van der Waals surface area contributed by atoms with Gasteiger partial charge in [-0.25, -0.2) is 32.7 Å². The van der Waals surface area contributed by atoms with E-state index in [1.807, 2.05) is 20.8 Å². The van der Waals surface area contributed by atoms with Gasteiger partial charge in [-0.1, -0.05) is 26.5 Å². The van der Waals surface area contributed by atoms with Crippen molar-refractivity contribution < 1.29 is 46.8 Å². The summed E-state index contributed by atoms with van der Waals surface area (Å²) in [6.45, 7) is 18.9. The van der Waals surface area contributed by atoms with Crippen molar-refractivity contribution in [3.05, 3.63) is 82.6 Å². The van der Waals surface area contributed by atoms with E-state index in [-0.39, 0.29) is 65.1 Å². The molecule has 0 aliphatic carbocycles. The van der Waals surface area contributed by atoms with Crippen molar-refractivity contribution in [3.63, 3.8) is 0 Å². The number of halogens is 2. The number of amides is 1. The van der Waals surface area contributed by atoms with Gasteiger partial charge in [-0.15, -0.1) is 0 Å². The number of fused-ring (bicyclic) bond motifs is 5. The lowest BCUT2D eigenvalue weighted by atomic mass is 9.97. The van der Waals surface area contributed by atoms with Crippen LogP contribution >= 0.6 is 0 Å². The van der Waals surface area contributed by atoms with Gasteiger partial charge in [-0.05, 0) is 84.7 Å². The van der Waals surface area contributed by atoms with Crippen LogP contribution in [0.4, 0.5) is 24.2 Å². The quantitative estimate of drug-likeness (QED) is 0.147. The van der Waals surface area contributed by atoms with Crippen LogP contribution in [0, 0.1) is 11.6 Å². The molecule has 6 rings (SSSR count). The average molecular weight is 819 g/mol. The lowest BCUT2D eigenvalue weighted by molar-refractivity contribution is -0.126. The summed E-state index contributed by atoms with van der Waals surface area (Å²) in [5.74, 6) is -2.71. The number of piperazine rings is 1. The van der Waals surface area contributed by atoms with E-state index in [1.54, 1.807) is 51.3 Å². The number of rotatable bonds is 5. The van der Waals surface area contributed by atoms with Gasteiger partial charge in [-0.3, -0.25) is 9.78 Å². The summed E-state index contributed by atoms with van der Waals surface area (Å²) in [6, 6.07) is 5.99. The Balaban J connectivity index is 1.71. The summed E-state index contributed by atoms with van der Waals surface area (Å²) in [4.78, 5) is 71.6. The molecule has 0 N–H and O–H groups in total. The molecular formula is C42H48F2N6O9. The van der Waals surface area contributed by atoms with E-state index >= 15 is 8.78 Å². The zero-order valence-electron chi connectivity index (χ0n) is 34.5. The highest BCUT2D eigenvalue weighted by atomic mass is 19.1. The van der Waals surface area contributed by atoms with Crippen molar-refractivity contribution in [3.8, 4) is 22.7 Å². The molecule has 1 amide bonds. The molecule has 1 aromatic carbocycles. The maximum absolute atomic E-state index is 16.7. The van der Waals surface area contributed by atoms with Gasteiger partial charge in [0.15, 0.2) is 23.7 Å². The number of hydrogen-bond donors (Lipinski definition) is 0. The zero-order valence-corrected chi connectivity index (χ0v) is 34.5. The maximum atomic E-state index is 16.7. The summed E-state index contributed by atoms with van der Waals surface area (Å²) in [6.07, 6.45) is -2.86. The van der Waals surface area contributed by atoms with E-state index in [1.165, 1.54) is 30.5 Å². The first kappa shape index (κ1) is 42.5. The molecule has 0 saturated carbocycles. The number of aromatic nitrogens is 4. The van der Waals surface area contributed by atoms with Gasteiger partial charge in [0.1, 0.15) is 40.9 Å². The van der Waals surface area contributed by atoms with Crippen LogP contribution in [0.5, 0.6) is 5.75 Å². The monoisotopic (exact) mass is 818 g/mol. The third-order valence-corrected chi connectivity index (χ3v) is 9.45. The van der Waals surface area contributed by atoms with Crippen LogP contribution in [0.15, 0.2) is 54.0 Å².